The van der Waals surface area contributed by atoms with Crippen molar-refractivity contribution in [2.75, 3.05) is 0 Å². The largest absolute Gasteiger partial charge is 0.0955 e. The molecule has 0 heterocycles. The molecule has 0 aliphatic heterocycles. The number of benzene rings is 2. The third kappa shape index (κ3) is 3.57. The van der Waals surface area contributed by atoms with Crippen LogP contribution in [-0.4, -0.2) is 0 Å². The predicted molar refractivity (Wildman–Crippen MR) is 84.5 cm³/mol. The highest BCUT2D eigenvalue weighted by Gasteiger charge is 2.02. The van der Waals surface area contributed by atoms with Crippen molar-refractivity contribution in [3.8, 4) is 0 Å². The molecule has 0 unspecified atom stereocenters. The summed E-state index contributed by atoms with van der Waals surface area (Å²) in [5.74, 6) is 0. The van der Waals surface area contributed by atoms with Gasteiger partial charge in [-0.05, 0) is 55.9 Å². The van der Waals surface area contributed by atoms with Gasteiger partial charge in [-0.2, -0.15) is 0 Å². The van der Waals surface area contributed by atoms with Gasteiger partial charge in [0.2, 0.25) is 0 Å². The molecule has 0 radical (unpaired) electrons. The van der Waals surface area contributed by atoms with Gasteiger partial charge in [-0.25, -0.2) is 0 Å². The monoisotopic (exact) mass is 250 g/mol. The van der Waals surface area contributed by atoms with Crippen molar-refractivity contribution in [1.29, 1.82) is 0 Å². The second-order valence-corrected chi connectivity index (χ2v) is 5.42. The number of allylic oxidation sites excluding steroid dienone is 1. The van der Waals surface area contributed by atoms with Crippen molar-refractivity contribution in [3.63, 3.8) is 0 Å². The summed E-state index contributed by atoms with van der Waals surface area (Å²) < 4.78 is 0. The minimum absolute atomic E-state index is 1.09. The highest BCUT2D eigenvalue weighted by atomic mass is 14.1. The average Bonchev–Trinajstić information content (AvgIpc) is 2.37. The SMILES string of the molecule is C=C(C)c1cc(CCc2cccc(C)c2)ccc1C. The second kappa shape index (κ2) is 5.88. The lowest BCUT2D eigenvalue weighted by molar-refractivity contribution is 0.956. The molecule has 0 fully saturated rings. The highest BCUT2D eigenvalue weighted by molar-refractivity contribution is 5.65. The maximum atomic E-state index is 4.06. The number of hydrogen-bond acceptors (Lipinski definition) is 0. The van der Waals surface area contributed by atoms with E-state index >= 15 is 0 Å². The molecular weight excluding hydrogens is 228 g/mol. The van der Waals surface area contributed by atoms with E-state index in [1.807, 2.05) is 0 Å². The van der Waals surface area contributed by atoms with E-state index in [0.717, 1.165) is 18.4 Å². The Morgan fingerprint density at radius 3 is 2.26 bits per heavy atom. The van der Waals surface area contributed by atoms with Gasteiger partial charge in [-0.1, -0.05) is 60.2 Å². The first-order valence-corrected chi connectivity index (χ1v) is 6.87. The maximum Gasteiger partial charge on any atom is -0.0201 e. The molecule has 0 aliphatic rings. The zero-order valence-electron chi connectivity index (χ0n) is 12.2. The first-order valence-electron chi connectivity index (χ1n) is 6.87. The third-order valence-electron chi connectivity index (χ3n) is 3.55. The molecule has 0 saturated carbocycles. The van der Waals surface area contributed by atoms with Gasteiger partial charge < -0.3 is 0 Å². The van der Waals surface area contributed by atoms with E-state index in [-0.39, 0.29) is 0 Å². The van der Waals surface area contributed by atoms with Crippen LogP contribution in [0.3, 0.4) is 0 Å². The van der Waals surface area contributed by atoms with Gasteiger partial charge in [-0.3, -0.25) is 0 Å². The molecule has 19 heavy (non-hydrogen) atoms. The van der Waals surface area contributed by atoms with Crippen LogP contribution in [-0.2, 0) is 12.8 Å². The highest BCUT2D eigenvalue weighted by Crippen LogP contribution is 2.19. The van der Waals surface area contributed by atoms with Crippen LogP contribution in [0.4, 0.5) is 0 Å². The van der Waals surface area contributed by atoms with Crippen LogP contribution in [0.1, 0.15) is 34.7 Å². The molecule has 98 valence electrons. The quantitative estimate of drug-likeness (QED) is 0.706. The Balaban J connectivity index is 2.12. The lowest BCUT2D eigenvalue weighted by Gasteiger charge is -2.09. The number of aryl methyl sites for hydroxylation is 4. The minimum Gasteiger partial charge on any atom is -0.0955 e. The molecule has 0 N–H and O–H groups in total. The minimum atomic E-state index is 1.09. The van der Waals surface area contributed by atoms with E-state index in [1.165, 1.54) is 27.8 Å². The smallest absolute Gasteiger partial charge is 0.0201 e. The molecule has 0 nitrogen and oxygen atoms in total. The Kier molecular flexibility index (Phi) is 4.21. The van der Waals surface area contributed by atoms with E-state index in [0.29, 0.717) is 0 Å². The topological polar surface area (TPSA) is 0 Å². The van der Waals surface area contributed by atoms with Crippen LogP contribution in [0, 0.1) is 13.8 Å². The fourth-order valence-corrected chi connectivity index (χ4v) is 2.44. The predicted octanol–water partition coefficient (Wildman–Crippen LogP) is 5.12. The third-order valence-corrected chi connectivity index (χ3v) is 3.55. The average molecular weight is 250 g/mol. The van der Waals surface area contributed by atoms with Gasteiger partial charge in [0.05, 0.1) is 0 Å². The summed E-state index contributed by atoms with van der Waals surface area (Å²) in [4.78, 5) is 0. The Hall–Kier alpha value is -1.82. The second-order valence-electron chi connectivity index (χ2n) is 5.42. The molecule has 2 aromatic rings. The van der Waals surface area contributed by atoms with E-state index in [1.54, 1.807) is 0 Å². The Bertz CT molecular complexity index is 591. The van der Waals surface area contributed by atoms with Crippen molar-refractivity contribution in [2.45, 2.75) is 33.6 Å². The normalized spacial score (nSPS) is 10.5. The fraction of sp³-hybridized carbons (Fsp3) is 0.263. The fourth-order valence-electron chi connectivity index (χ4n) is 2.44. The summed E-state index contributed by atoms with van der Waals surface area (Å²) in [5.41, 5.74) is 7.90. The summed E-state index contributed by atoms with van der Waals surface area (Å²) in [6.45, 7) is 10.4. The Morgan fingerprint density at radius 1 is 0.947 bits per heavy atom. The first kappa shape index (κ1) is 13.6. The Labute approximate surface area is 116 Å². The van der Waals surface area contributed by atoms with Gasteiger partial charge >= 0.3 is 0 Å². The molecule has 0 bridgehead atoms. The van der Waals surface area contributed by atoms with Gasteiger partial charge in [0.25, 0.3) is 0 Å². The summed E-state index contributed by atoms with van der Waals surface area (Å²) in [5, 5.41) is 0. The van der Waals surface area contributed by atoms with Crippen LogP contribution >= 0.6 is 0 Å². The zero-order chi connectivity index (χ0) is 13.8. The molecule has 0 spiro atoms. The lowest BCUT2D eigenvalue weighted by atomic mass is 9.96. The molecule has 0 aromatic heterocycles. The maximum absolute atomic E-state index is 4.06. The van der Waals surface area contributed by atoms with Crippen LogP contribution < -0.4 is 0 Å². The molecule has 2 aromatic carbocycles. The first-order chi connectivity index (χ1) is 9.06. The molecular formula is C19H22. The van der Waals surface area contributed by atoms with Crippen molar-refractivity contribution < 1.29 is 0 Å². The van der Waals surface area contributed by atoms with Crippen molar-refractivity contribution >= 4 is 5.57 Å². The summed E-state index contributed by atoms with van der Waals surface area (Å²) in [7, 11) is 0. The van der Waals surface area contributed by atoms with E-state index < -0.39 is 0 Å². The van der Waals surface area contributed by atoms with Crippen LogP contribution in [0.2, 0.25) is 0 Å². The molecule has 0 aliphatic carbocycles. The van der Waals surface area contributed by atoms with E-state index in [2.05, 4.69) is 69.8 Å². The summed E-state index contributed by atoms with van der Waals surface area (Å²) >= 11 is 0. The molecule has 0 saturated heterocycles. The lowest BCUT2D eigenvalue weighted by Crippen LogP contribution is -1.94. The Morgan fingerprint density at radius 2 is 1.63 bits per heavy atom. The summed E-state index contributed by atoms with van der Waals surface area (Å²) in [6, 6.07) is 15.5. The molecule has 0 amide bonds. The van der Waals surface area contributed by atoms with E-state index in [4.69, 9.17) is 0 Å². The van der Waals surface area contributed by atoms with Gasteiger partial charge in [0.15, 0.2) is 0 Å². The number of rotatable bonds is 4. The van der Waals surface area contributed by atoms with Crippen molar-refractivity contribution in [1.82, 2.24) is 0 Å². The molecule has 2 rings (SSSR count). The van der Waals surface area contributed by atoms with Crippen molar-refractivity contribution in [3.05, 3.63) is 76.9 Å². The molecule has 0 heteroatoms. The van der Waals surface area contributed by atoms with Crippen LogP contribution in [0.5, 0.6) is 0 Å². The van der Waals surface area contributed by atoms with Gasteiger partial charge in [0.1, 0.15) is 0 Å². The van der Waals surface area contributed by atoms with Gasteiger partial charge in [-0.15, -0.1) is 0 Å². The number of hydrogen-bond donors (Lipinski definition) is 0. The van der Waals surface area contributed by atoms with E-state index in [9.17, 15) is 0 Å². The van der Waals surface area contributed by atoms with Gasteiger partial charge in [0, 0.05) is 0 Å². The molecule has 0 atom stereocenters. The summed E-state index contributed by atoms with van der Waals surface area (Å²) in [6.07, 6.45) is 2.18. The zero-order valence-corrected chi connectivity index (χ0v) is 12.2. The standard InChI is InChI=1S/C19H22/c1-14(2)19-13-18(9-8-16(19)4)11-10-17-7-5-6-15(3)12-17/h5-9,12-13H,1,10-11H2,2-4H3. The van der Waals surface area contributed by atoms with Crippen molar-refractivity contribution in [2.24, 2.45) is 0 Å². The van der Waals surface area contributed by atoms with Crippen LogP contribution in [0.25, 0.3) is 5.57 Å². The van der Waals surface area contributed by atoms with Crippen LogP contribution in [0.15, 0.2) is 49.0 Å².